The van der Waals surface area contributed by atoms with E-state index < -0.39 is 11.9 Å². The van der Waals surface area contributed by atoms with Crippen LogP contribution in [0.3, 0.4) is 0 Å². The molecule has 8 nitrogen and oxygen atoms in total. The Morgan fingerprint density at radius 3 is 2.58 bits per heavy atom. The van der Waals surface area contributed by atoms with E-state index in [9.17, 15) is 9.59 Å². The molecule has 8 heteroatoms. The van der Waals surface area contributed by atoms with Crippen molar-refractivity contribution in [2.24, 2.45) is 10.9 Å². The fraction of sp³-hybridized carbons (Fsp3) is 0.188. The van der Waals surface area contributed by atoms with Crippen molar-refractivity contribution in [3.05, 3.63) is 60.2 Å². The normalized spacial score (nSPS) is 10.7. The molecule has 0 fully saturated rings. The lowest BCUT2D eigenvalue weighted by Gasteiger charge is -2.01. The van der Waals surface area contributed by atoms with Gasteiger partial charge in [0.2, 0.25) is 11.6 Å². The number of pyridine rings is 2. The van der Waals surface area contributed by atoms with E-state index in [0.717, 1.165) is 0 Å². The SMILES string of the molecule is CC(=O)O/N=C/c1cccc[n+]1COC[n+]1ccc(C(N)=O)cc1. The van der Waals surface area contributed by atoms with E-state index in [2.05, 4.69) is 9.99 Å². The minimum Gasteiger partial charge on any atom is -0.366 e. The highest BCUT2D eigenvalue weighted by Crippen LogP contribution is 1.93. The first-order valence-corrected chi connectivity index (χ1v) is 7.12. The average Bonchev–Trinajstić information content (AvgIpc) is 2.56. The summed E-state index contributed by atoms with van der Waals surface area (Å²) in [5, 5.41) is 3.59. The number of nitrogens with two attached hydrogens (primary N) is 1. The quantitative estimate of drug-likeness (QED) is 0.331. The minimum absolute atomic E-state index is 0.271. The molecule has 0 unspecified atom stereocenters. The van der Waals surface area contributed by atoms with E-state index in [1.54, 1.807) is 33.7 Å². The number of primary amides is 1. The van der Waals surface area contributed by atoms with Crippen molar-refractivity contribution in [1.82, 2.24) is 0 Å². The fourth-order valence-electron chi connectivity index (χ4n) is 1.83. The minimum atomic E-state index is -0.485. The number of hydrogen-bond donors (Lipinski definition) is 1. The first-order valence-electron chi connectivity index (χ1n) is 7.12. The maximum Gasteiger partial charge on any atom is 0.331 e. The lowest BCUT2D eigenvalue weighted by molar-refractivity contribution is -0.788. The van der Waals surface area contributed by atoms with Crippen molar-refractivity contribution < 1.29 is 28.3 Å². The van der Waals surface area contributed by atoms with Crippen molar-refractivity contribution in [3.63, 3.8) is 0 Å². The van der Waals surface area contributed by atoms with E-state index >= 15 is 0 Å². The first-order chi connectivity index (χ1) is 11.6. The molecule has 0 saturated heterocycles. The van der Waals surface area contributed by atoms with Gasteiger partial charge in [-0.1, -0.05) is 5.16 Å². The number of oxime groups is 1. The fourth-order valence-corrected chi connectivity index (χ4v) is 1.83. The molecule has 0 atom stereocenters. The van der Waals surface area contributed by atoms with Crippen LogP contribution in [0.2, 0.25) is 0 Å². The van der Waals surface area contributed by atoms with E-state index in [1.165, 1.54) is 13.1 Å². The van der Waals surface area contributed by atoms with Gasteiger partial charge >= 0.3 is 5.97 Å². The zero-order chi connectivity index (χ0) is 17.4. The summed E-state index contributed by atoms with van der Waals surface area (Å²) in [5.41, 5.74) is 6.34. The van der Waals surface area contributed by atoms with Crippen LogP contribution in [-0.4, -0.2) is 18.1 Å². The summed E-state index contributed by atoms with van der Waals surface area (Å²) >= 11 is 0. The summed E-state index contributed by atoms with van der Waals surface area (Å²) in [5.74, 6) is -0.958. The second kappa shape index (κ2) is 8.49. The monoisotopic (exact) mass is 330 g/mol. The Bertz CT molecular complexity index is 744. The van der Waals surface area contributed by atoms with Crippen LogP contribution in [0.1, 0.15) is 23.0 Å². The predicted molar refractivity (Wildman–Crippen MR) is 82.2 cm³/mol. The van der Waals surface area contributed by atoms with E-state index in [-0.39, 0.29) is 6.73 Å². The highest BCUT2D eigenvalue weighted by molar-refractivity contribution is 5.92. The third kappa shape index (κ3) is 5.25. The van der Waals surface area contributed by atoms with Crippen molar-refractivity contribution in [2.45, 2.75) is 20.4 Å². The maximum absolute atomic E-state index is 11.0. The summed E-state index contributed by atoms with van der Waals surface area (Å²) in [7, 11) is 0. The number of ether oxygens (including phenoxy) is 1. The number of carbonyl (C=O) groups excluding carboxylic acids is 2. The molecule has 0 aliphatic heterocycles. The second-order valence-corrected chi connectivity index (χ2v) is 4.84. The summed E-state index contributed by atoms with van der Waals surface area (Å²) in [6.07, 6.45) is 6.66. The topological polar surface area (TPSA) is 98.7 Å². The van der Waals surface area contributed by atoms with Crippen LogP contribution in [0.4, 0.5) is 0 Å². The molecule has 0 aliphatic rings. The molecular weight excluding hydrogens is 312 g/mol. The summed E-state index contributed by atoms with van der Waals surface area (Å²) in [6, 6.07) is 8.74. The largest absolute Gasteiger partial charge is 0.366 e. The highest BCUT2D eigenvalue weighted by atomic mass is 16.7. The van der Waals surface area contributed by atoms with Gasteiger partial charge < -0.3 is 10.6 Å². The van der Waals surface area contributed by atoms with E-state index in [4.69, 9.17) is 10.5 Å². The lowest BCUT2D eigenvalue weighted by Crippen LogP contribution is -2.42. The van der Waals surface area contributed by atoms with Crippen molar-refractivity contribution in [2.75, 3.05) is 0 Å². The van der Waals surface area contributed by atoms with Crippen LogP contribution in [0.25, 0.3) is 0 Å². The summed E-state index contributed by atoms with van der Waals surface area (Å²) < 4.78 is 9.18. The third-order valence-corrected chi connectivity index (χ3v) is 2.99. The van der Waals surface area contributed by atoms with Crippen molar-refractivity contribution in [3.8, 4) is 0 Å². The number of carbonyl (C=O) groups is 2. The van der Waals surface area contributed by atoms with Gasteiger partial charge in [0.25, 0.3) is 13.5 Å². The zero-order valence-electron chi connectivity index (χ0n) is 13.2. The van der Waals surface area contributed by atoms with Gasteiger partial charge in [0, 0.05) is 31.2 Å². The van der Waals surface area contributed by atoms with Gasteiger partial charge in [-0.05, 0) is 6.07 Å². The third-order valence-electron chi connectivity index (χ3n) is 2.99. The Morgan fingerprint density at radius 1 is 1.17 bits per heavy atom. The van der Waals surface area contributed by atoms with Crippen LogP contribution in [0.5, 0.6) is 0 Å². The van der Waals surface area contributed by atoms with Crippen LogP contribution in [0, 0.1) is 0 Å². The number of amides is 1. The number of rotatable bonds is 7. The van der Waals surface area contributed by atoms with Crippen LogP contribution in [0.15, 0.2) is 54.1 Å². The summed E-state index contributed by atoms with van der Waals surface area (Å²) in [6.45, 7) is 1.84. The van der Waals surface area contributed by atoms with Gasteiger partial charge in [0.15, 0.2) is 18.6 Å². The van der Waals surface area contributed by atoms with Gasteiger partial charge in [0.05, 0.1) is 5.56 Å². The van der Waals surface area contributed by atoms with E-state index in [1.807, 2.05) is 24.4 Å². The molecule has 0 aromatic carbocycles. The Hall–Kier alpha value is -3.13. The van der Waals surface area contributed by atoms with Gasteiger partial charge in [0.1, 0.15) is 6.21 Å². The summed E-state index contributed by atoms with van der Waals surface area (Å²) in [4.78, 5) is 26.3. The number of hydrogen-bond acceptors (Lipinski definition) is 5. The Morgan fingerprint density at radius 2 is 1.92 bits per heavy atom. The Labute approximate surface area is 138 Å². The maximum atomic E-state index is 11.0. The lowest BCUT2D eigenvalue weighted by atomic mass is 10.2. The Balaban J connectivity index is 1.93. The van der Waals surface area contributed by atoms with Gasteiger partial charge in [-0.25, -0.2) is 4.79 Å². The second-order valence-electron chi connectivity index (χ2n) is 4.84. The molecule has 0 bridgehead atoms. The highest BCUT2D eigenvalue weighted by Gasteiger charge is 2.10. The molecule has 2 aromatic rings. The molecule has 124 valence electrons. The van der Waals surface area contributed by atoms with Crippen molar-refractivity contribution in [1.29, 1.82) is 0 Å². The molecule has 0 radical (unpaired) electrons. The molecular formula is C16H18N4O4+2. The zero-order valence-corrected chi connectivity index (χ0v) is 13.2. The number of aromatic nitrogens is 2. The molecule has 1 amide bonds. The van der Waals surface area contributed by atoms with Crippen LogP contribution < -0.4 is 14.9 Å². The van der Waals surface area contributed by atoms with Crippen LogP contribution in [-0.2, 0) is 27.8 Å². The van der Waals surface area contributed by atoms with Gasteiger partial charge in [-0.15, -0.1) is 0 Å². The molecule has 0 saturated carbocycles. The Kier molecular flexibility index (Phi) is 6.09. The van der Waals surface area contributed by atoms with E-state index in [0.29, 0.717) is 18.0 Å². The average molecular weight is 330 g/mol. The predicted octanol–water partition coefficient (Wildman–Crippen LogP) is -0.111. The molecule has 2 aromatic heterocycles. The van der Waals surface area contributed by atoms with Crippen LogP contribution >= 0.6 is 0 Å². The molecule has 24 heavy (non-hydrogen) atoms. The molecule has 0 spiro atoms. The standard InChI is InChI=1S/C16H17N4O4/c1-13(21)24-18-10-15-4-2-3-7-20(15)12-23-11-19-8-5-14(6-9-19)16(17)22/h2-10H,11-12H2,1H3,(H-,17,22)/q+1/p+1/b18-10+. The molecule has 2 heterocycles. The molecule has 2 N–H and O–H groups in total. The molecule has 0 aliphatic carbocycles. The molecule has 2 rings (SSSR count). The van der Waals surface area contributed by atoms with Gasteiger partial charge in [-0.3, -0.25) is 9.53 Å². The first kappa shape index (κ1) is 17.2. The number of nitrogens with zero attached hydrogens (tertiary/aromatic N) is 3. The van der Waals surface area contributed by atoms with Gasteiger partial charge in [-0.2, -0.15) is 9.13 Å². The van der Waals surface area contributed by atoms with Crippen molar-refractivity contribution >= 4 is 18.1 Å². The smallest absolute Gasteiger partial charge is 0.331 e.